The van der Waals surface area contributed by atoms with Crippen LogP contribution in [0, 0.1) is 11.3 Å². The van der Waals surface area contributed by atoms with Gasteiger partial charge in [0.1, 0.15) is 11.6 Å². The number of rotatable bonds is 8. The maximum absolute atomic E-state index is 11.8. The molecule has 0 saturated carbocycles. The average molecular weight is 283 g/mol. The molecule has 20 heavy (non-hydrogen) atoms. The lowest BCUT2D eigenvalue weighted by molar-refractivity contribution is -0.117. The van der Waals surface area contributed by atoms with Gasteiger partial charge in [-0.3, -0.25) is 4.79 Å². The molecule has 1 aliphatic rings. The number of nitrogens with zero attached hydrogens (tertiary/aromatic N) is 1. The van der Waals surface area contributed by atoms with Crippen LogP contribution >= 0.6 is 0 Å². The second kappa shape index (κ2) is 9.31. The van der Waals surface area contributed by atoms with Crippen molar-refractivity contribution in [2.45, 2.75) is 25.2 Å². The first-order chi connectivity index (χ1) is 9.71. The fourth-order valence-electron chi connectivity index (χ4n) is 1.78. The molecule has 0 radical (unpaired) electrons. The zero-order valence-corrected chi connectivity index (χ0v) is 11.8. The Hall–Kier alpha value is -1.62. The van der Waals surface area contributed by atoms with Gasteiger partial charge >= 0.3 is 0 Å². The predicted octanol–water partition coefficient (Wildman–Crippen LogP) is -0.102. The summed E-state index contributed by atoms with van der Waals surface area (Å²) in [7, 11) is 3.03. The fraction of sp³-hybridized carbons (Fsp3) is 0.692. The SMILES string of the molecule is COC(CN/C=C(/C#N)C(=O)NCC1CCCO1)OC. The number of carbonyl (C=O) groups is 1. The van der Waals surface area contributed by atoms with Crippen molar-refractivity contribution in [2.75, 3.05) is 33.9 Å². The summed E-state index contributed by atoms with van der Waals surface area (Å²) < 4.78 is 15.3. The van der Waals surface area contributed by atoms with Crippen molar-refractivity contribution in [1.29, 1.82) is 5.26 Å². The summed E-state index contributed by atoms with van der Waals surface area (Å²) in [6.45, 7) is 1.51. The van der Waals surface area contributed by atoms with E-state index in [1.165, 1.54) is 20.4 Å². The van der Waals surface area contributed by atoms with Crippen LogP contribution in [-0.4, -0.2) is 52.2 Å². The Morgan fingerprint density at radius 1 is 1.55 bits per heavy atom. The highest BCUT2D eigenvalue weighted by Crippen LogP contribution is 2.10. The molecule has 1 amide bonds. The lowest BCUT2D eigenvalue weighted by Gasteiger charge is -2.13. The molecule has 7 heteroatoms. The number of carbonyl (C=O) groups excluding carboxylic acids is 1. The van der Waals surface area contributed by atoms with Crippen LogP contribution in [0.25, 0.3) is 0 Å². The lowest BCUT2D eigenvalue weighted by atomic mass is 10.2. The molecule has 1 atom stereocenters. The molecule has 0 aliphatic carbocycles. The van der Waals surface area contributed by atoms with E-state index in [4.69, 9.17) is 19.5 Å². The van der Waals surface area contributed by atoms with Gasteiger partial charge in [-0.1, -0.05) is 0 Å². The molecule has 7 nitrogen and oxygen atoms in total. The molecule has 1 heterocycles. The number of amides is 1. The zero-order chi connectivity index (χ0) is 14.8. The normalized spacial score (nSPS) is 18.9. The van der Waals surface area contributed by atoms with Gasteiger partial charge < -0.3 is 24.8 Å². The summed E-state index contributed by atoms with van der Waals surface area (Å²) >= 11 is 0. The van der Waals surface area contributed by atoms with Crippen molar-refractivity contribution in [3.8, 4) is 6.07 Å². The number of hydrogen-bond acceptors (Lipinski definition) is 6. The Morgan fingerprint density at radius 2 is 2.30 bits per heavy atom. The average Bonchev–Trinajstić information content (AvgIpc) is 2.98. The highest BCUT2D eigenvalue weighted by Gasteiger charge is 2.17. The first-order valence-electron chi connectivity index (χ1n) is 6.50. The van der Waals surface area contributed by atoms with E-state index in [9.17, 15) is 4.79 Å². The molecule has 1 fully saturated rings. The maximum atomic E-state index is 11.8. The number of hydrogen-bond donors (Lipinski definition) is 2. The fourth-order valence-corrected chi connectivity index (χ4v) is 1.78. The van der Waals surface area contributed by atoms with Crippen LogP contribution in [0.15, 0.2) is 11.8 Å². The van der Waals surface area contributed by atoms with Gasteiger partial charge in [0.25, 0.3) is 5.91 Å². The highest BCUT2D eigenvalue weighted by molar-refractivity contribution is 5.97. The molecular formula is C13H21N3O4. The summed E-state index contributed by atoms with van der Waals surface area (Å²) in [4.78, 5) is 11.8. The minimum absolute atomic E-state index is 0.00829. The molecule has 1 aliphatic heterocycles. The minimum atomic E-state index is -0.429. The highest BCUT2D eigenvalue weighted by atomic mass is 16.7. The summed E-state index contributed by atoms with van der Waals surface area (Å²) in [5, 5.41) is 14.5. The molecule has 0 spiro atoms. The van der Waals surface area contributed by atoms with E-state index < -0.39 is 12.2 Å². The Bertz CT molecular complexity index is 368. The number of ether oxygens (including phenoxy) is 3. The molecule has 1 saturated heterocycles. The first kappa shape index (κ1) is 16.4. The predicted molar refractivity (Wildman–Crippen MR) is 71.5 cm³/mol. The van der Waals surface area contributed by atoms with Crippen molar-refractivity contribution in [3.05, 3.63) is 11.8 Å². The minimum Gasteiger partial charge on any atom is -0.385 e. The standard InChI is InChI=1S/C13H21N3O4/c1-18-12(19-2)9-15-7-10(6-14)13(17)16-8-11-4-3-5-20-11/h7,11-12,15H,3-5,8-9H2,1-2H3,(H,16,17)/b10-7-. The van der Waals surface area contributed by atoms with E-state index in [0.717, 1.165) is 19.4 Å². The zero-order valence-electron chi connectivity index (χ0n) is 11.8. The lowest BCUT2D eigenvalue weighted by Crippen LogP contribution is -2.33. The van der Waals surface area contributed by atoms with E-state index in [0.29, 0.717) is 13.1 Å². The topological polar surface area (TPSA) is 92.6 Å². The van der Waals surface area contributed by atoms with Gasteiger partial charge in [-0.15, -0.1) is 0 Å². The molecular weight excluding hydrogens is 262 g/mol. The van der Waals surface area contributed by atoms with Gasteiger partial charge in [-0.2, -0.15) is 5.26 Å². The van der Waals surface area contributed by atoms with Crippen molar-refractivity contribution in [3.63, 3.8) is 0 Å². The second-order valence-corrected chi connectivity index (χ2v) is 4.32. The molecule has 0 aromatic carbocycles. The van der Waals surface area contributed by atoms with Crippen molar-refractivity contribution >= 4 is 5.91 Å². The number of methoxy groups -OCH3 is 2. The summed E-state index contributed by atoms with van der Waals surface area (Å²) in [5.41, 5.74) is 0.00829. The quantitative estimate of drug-likeness (QED) is 0.367. The van der Waals surface area contributed by atoms with E-state index in [2.05, 4.69) is 10.6 Å². The smallest absolute Gasteiger partial charge is 0.263 e. The van der Waals surface area contributed by atoms with Crippen molar-refractivity contribution in [2.24, 2.45) is 0 Å². The first-order valence-corrected chi connectivity index (χ1v) is 6.50. The van der Waals surface area contributed by atoms with Gasteiger partial charge in [0.15, 0.2) is 6.29 Å². The third-order valence-electron chi connectivity index (χ3n) is 2.94. The summed E-state index contributed by atoms with van der Waals surface area (Å²) in [5.74, 6) is -0.415. The summed E-state index contributed by atoms with van der Waals surface area (Å²) in [6, 6.07) is 1.85. The van der Waals surface area contributed by atoms with Crippen molar-refractivity contribution in [1.82, 2.24) is 10.6 Å². The molecule has 1 unspecified atom stereocenters. The second-order valence-electron chi connectivity index (χ2n) is 4.32. The van der Waals surface area contributed by atoms with Gasteiger partial charge in [-0.05, 0) is 12.8 Å². The van der Waals surface area contributed by atoms with Crippen LogP contribution < -0.4 is 10.6 Å². The maximum Gasteiger partial charge on any atom is 0.263 e. The van der Waals surface area contributed by atoms with E-state index in [-0.39, 0.29) is 11.7 Å². The summed E-state index contributed by atoms with van der Waals surface area (Å²) in [6.07, 6.45) is 2.93. The monoisotopic (exact) mass is 283 g/mol. The van der Waals surface area contributed by atoms with Crippen LogP contribution in [0.3, 0.4) is 0 Å². The van der Waals surface area contributed by atoms with Crippen LogP contribution in [0.5, 0.6) is 0 Å². The van der Waals surface area contributed by atoms with Crippen LogP contribution in [0.4, 0.5) is 0 Å². The van der Waals surface area contributed by atoms with E-state index in [1.54, 1.807) is 0 Å². The third kappa shape index (κ3) is 5.57. The van der Waals surface area contributed by atoms with Crippen LogP contribution in [0.2, 0.25) is 0 Å². The third-order valence-corrected chi connectivity index (χ3v) is 2.94. The molecule has 2 N–H and O–H groups in total. The Morgan fingerprint density at radius 3 is 2.85 bits per heavy atom. The molecule has 112 valence electrons. The Balaban J connectivity index is 2.35. The van der Waals surface area contributed by atoms with E-state index in [1.807, 2.05) is 6.07 Å². The molecule has 1 rings (SSSR count). The largest absolute Gasteiger partial charge is 0.385 e. The molecule has 0 aromatic heterocycles. The Kier molecular flexibility index (Phi) is 7.65. The number of nitriles is 1. The van der Waals surface area contributed by atoms with Crippen LogP contribution in [-0.2, 0) is 19.0 Å². The van der Waals surface area contributed by atoms with Gasteiger partial charge in [-0.25, -0.2) is 0 Å². The molecule has 0 bridgehead atoms. The van der Waals surface area contributed by atoms with Crippen molar-refractivity contribution < 1.29 is 19.0 Å². The number of nitrogens with one attached hydrogen (secondary N) is 2. The van der Waals surface area contributed by atoms with Gasteiger partial charge in [0, 0.05) is 33.6 Å². The molecule has 0 aromatic rings. The van der Waals surface area contributed by atoms with Gasteiger partial charge in [0.2, 0.25) is 0 Å². The van der Waals surface area contributed by atoms with Crippen LogP contribution in [0.1, 0.15) is 12.8 Å². The van der Waals surface area contributed by atoms with E-state index >= 15 is 0 Å². The van der Waals surface area contributed by atoms with Gasteiger partial charge in [0.05, 0.1) is 12.6 Å². The Labute approximate surface area is 118 Å².